The topological polar surface area (TPSA) is 244 Å². The lowest BCUT2D eigenvalue weighted by Crippen LogP contribution is -2.65. The van der Waals surface area contributed by atoms with E-state index in [9.17, 15) is 45.6 Å². The summed E-state index contributed by atoms with van der Waals surface area (Å²) in [5, 5.41) is 82.1. The van der Waals surface area contributed by atoms with Crippen molar-refractivity contribution in [3.63, 3.8) is 0 Å². The second-order valence-corrected chi connectivity index (χ2v) is 10.8. The second-order valence-electron chi connectivity index (χ2n) is 10.8. The Morgan fingerprint density at radius 2 is 1.47 bits per heavy atom. The van der Waals surface area contributed by atoms with Crippen molar-refractivity contribution in [2.24, 2.45) is 0 Å². The summed E-state index contributed by atoms with van der Waals surface area (Å²) in [6, 6.07) is 9.08. The molecule has 10 atom stereocenters. The number of esters is 1. The molecule has 0 aliphatic carbocycles. The van der Waals surface area contributed by atoms with Crippen LogP contribution in [-0.2, 0) is 34.9 Å². The van der Waals surface area contributed by atoms with Crippen molar-refractivity contribution in [3.8, 4) is 23.0 Å². The lowest BCUT2D eigenvalue weighted by atomic mass is 9.97. The fraction of sp³-hybridized carbons (Fsp3) is 0.516. The number of rotatable bonds is 13. The molecule has 0 radical (unpaired) electrons. The molecular formula is C31H40O16. The van der Waals surface area contributed by atoms with E-state index in [1.807, 2.05) is 0 Å². The molecule has 47 heavy (non-hydrogen) atoms. The molecule has 0 amide bonds. The first-order valence-electron chi connectivity index (χ1n) is 14.6. The average Bonchev–Trinajstić information content (AvgIpc) is 3.07. The number of hydrogen-bond donors (Lipinski definition) is 8. The first-order valence-corrected chi connectivity index (χ1v) is 14.6. The van der Waals surface area contributed by atoms with E-state index in [0.29, 0.717) is 11.1 Å². The molecule has 0 spiro atoms. The maximum Gasteiger partial charge on any atom is 0.330 e. The Hall–Kier alpha value is -3.55. The lowest BCUT2D eigenvalue weighted by molar-refractivity contribution is -0.360. The van der Waals surface area contributed by atoms with Gasteiger partial charge in [-0.05, 0) is 47.9 Å². The monoisotopic (exact) mass is 668 g/mol. The molecule has 2 aromatic carbocycles. The third-order valence-corrected chi connectivity index (χ3v) is 7.70. The van der Waals surface area contributed by atoms with Crippen LogP contribution in [0.1, 0.15) is 11.1 Å². The highest BCUT2D eigenvalue weighted by molar-refractivity contribution is 5.87. The number of aliphatic hydroxyl groups is 6. The van der Waals surface area contributed by atoms with E-state index in [0.717, 1.165) is 6.08 Å². The SMILES string of the molecule is COc1cc(C=CC(=O)OCC2OC(OCCc3ccc(O)c(OC)c3)C(O)C(OC3OC(CO)C(O)C(O)C3O)C2O)ccc1O. The minimum Gasteiger partial charge on any atom is -0.504 e. The first-order chi connectivity index (χ1) is 22.5. The zero-order valence-electron chi connectivity index (χ0n) is 25.6. The van der Waals surface area contributed by atoms with Crippen LogP contribution in [-0.4, -0.2) is 142 Å². The van der Waals surface area contributed by atoms with Gasteiger partial charge < -0.3 is 74.0 Å². The van der Waals surface area contributed by atoms with Crippen molar-refractivity contribution in [2.45, 2.75) is 67.8 Å². The molecule has 0 bridgehead atoms. The highest BCUT2D eigenvalue weighted by atomic mass is 16.7. The van der Waals surface area contributed by atoms with Crippen molar-refractivity contribution in [3.05, 3.63) is 53.6 Å². The van der Waals surface area contributed by atoms with E-state index in [2.05, 4.69) is 0 Å². The van der Waals surface area contributed by atoms with Gasteiger partial charge in [-0.15, -0.1) is 0 Å². The predicted octanol–water partition coefficient (Wildman–Crippen LogP) is -1.44. The normalized spacial score (nSPS) is 31.1. The third kappa shape index (κ3) is 8.88. The highest BCUT2D eigenvalue weighted by Crippen LogP contribution is 2.31. The quantitative estimate of drug-likeness (QED) is 0.0900. The lowest BCUT2D eigenvalue weighted by Gasteiger charge is -2.46. The Bertz CT molecular complexity index is 1350. The Kier molecular flexibility index (Phi) is 12.8. The number of aromatic hydroxyl groups is 2. The molecule has 2 aliphatic rings. The molecule has 2 saturated heterocycles. The zero-order valence-corrected chi connectivity index (χ0v) is 25.6. The smallest absolute Gasteiger partial charge is 0.330 e. The van der Waals surface area contributed by atoms with Crippen LogP contribution >= 0.6 is 0 Å². The van der Waals surface area contributed by atoms with Crippen LogP contribution < -0.4 is 9.47 Å². The molecule has 10 unspecified atom stereocenters. The molecule has 0 saturated carbocycles. The average molecular weight is 669 g/mol. The van der Waals surface area contributed by atoms with Gasteiger partial charge >= 0.3 is 5.97 Å². The van der Waals surface area contributed by atoms with Crippen LogP contribution in [0.3, 0.4) is 0 Å². The van der Waals surface area contributed by atoms with Crippen LogP contribution in [0.5, 0.6) is 23.0 Å². The van der Waals surface area contributed by atoms with E-state index in [1.165, 1.54) is 44.6 Å². The predicted molar refractivity (Wildman–Crippen MR) is 158 cm³/mol. The summed E-state index contributed by atoms with van der Waals surface area (Å²) in [5.41, 5.74) is 1.23. The number of carbonyl (C=O) groups is 1. The molecule has 2 aliphatic heterocycles. The maximum absolute atomic E-state index is 12.5. The minimum atomic E-state index is -1.83. The third-order valence-electron chi connectivity index (χ3n) is 7.70. The fourth-order valence-electron chi connectivity index (χ4n) is 5.02. The van der Waals surface area contributed by atoms with Gasteiger partial charge in [0.15, 0.2) is 35.6 Å². The van der Waals surface area contributed by atoms with Gasteiger partial charge in [-0.25, -0.2) is 4.79 Å². The van der Waals surface area contributed by atoms with Gasteiger partial charge in [0.25, 0.3) is 0 Å². The molecule has 2 aromatic rings. The summed E-state index contributed by atoms with van der Waals surface area (Å²) >= 11 is 0. The number of carbonyl (C=O) groups excluding carboxylic acids is 1. The molecule has 4 rings (SSSR count). The number of methoxy groups -OCH3 is 2. The number of phenols is 2. The molecule has 2 heterocycles. The van der Waals surface area contributed by atoms with E-state index in [4.69, 9.17) is 33.2 Å². The molecular weight excluding hydrogens is 628 g/mol. The van der Waals surface area contributed by atoms with Crippen molar-refractivity contribution >= 4 is 12.0 Å². The Morgan fingerprint density at radius 3 is 2.15 bits per heavy atom. The summed E-state index contributed by atoms with van der Waals surface area (Å²) < 4.78 is 38.0. The van der Waals surface area contributed by atoms with Crippen LogP contribution in [0.15, 0.2) is 42.5 Å². The first kappa shape index (κ1) is 36.3. The molecule has 16 nitrogen and oxygen atoms in total. The molecule has 16 heteroatoms. The molecule has 0 aromatic heterocycles. The number of phenolic OH excluding ortho intramolecular Hbond substituents is 2. The van der Waals surface area contributed by atoms with Crippen LogP contribution in [0.4, 0.5) is 0 Å². The standard InChI is InChI=1S/C31H40O16/c1-41-19-11-15(3-6-17(19)33)5-8-23(35)44-14-22-25(37)29(47-31-27(39)26(38)24(36)21(13-32)45-31)28(40)30(46-22)43-10-9-16-4-7-18(34)20(12-16)42-2/h3-8,11-12,21-22,24-34,36-40H,9-10,13-14H2,1-2H3. The number of aliphatic hydroxyl groups excluding tert-OH is 6. The highest BCUT2D eigenvalue weighted by Gasteiger charge is 2.51. The van der Waals surface area contributed by atoms with Gasteiger partial charge in [0, 0.05) is 6.08 Å². The summed E-state index contributed by atoms with van der Waals surface area (Å²) in [6.07, 6.45) is -13.4. The minimum absolute atomic E-state index is 0.0378. The Morgan fingerprint density at radius 1 is 0.809 bits per heavy atom. The number of hydrogen-bond acceptors (Lipinski definition) is 16. The van der Waals surface area contributed by atoms with Crippen LogP contribution in [0.2, 0.25) is 0 Å². The Labute approximate surface area is 269 Å². The van der Waals surface area contributed by atoms with E-state index < -0.39 is 80.6 Å². The van der Waals surface area contributed by atoms with Gasteiger partial charge in [0.2, 0.25) is 0 Å². The Balaban J connectivity index is 1.46. The molecule has 260 valence electrons. The van der Waals surface area contributed by atoms with Crippen molar-refractivity contribution in [1.82, 2.24) is 0 Å². The summed E-state index contributed by atoms with van der Waals surface area (Å²) in [6.45, 7) is -1.32. The van der Waals surface area contributed by atoms with Gasteiger partial charge in [-0.1, -0.05) is 12.1 Å². The number of benzene rings is 2. The van der Waals surface area contributed by atoms with Crippen LogP contribution in [0.25, 0.3) is 6.08 Å². The van der Waals surface area contributed by atoms with Crippen molar-refractivity contribution in [1.29, 1.82) is 0 Å². The maximum atomic E-state index is 12.5. The van der Waals surface area contributed by atoms with E-state index in [-0.39, 0.29) is 36.0 Å². The fourth-order valence-corrected chi connectivity index (χ4v) is 5.02. The van der Waals surface area contributed by atoms with Gasteiger partial charge in [-0.3, -0.25) is 0 Å². The van der Waals surface area contributed by atoms with E-state index in [1.54, 1.807) is 12.1 Å². The second kappa shape index (κ2) is 16.5. The van der Waals surface area contributed by atoms with Crippen molar-refractivity contribution in [2.75, 3.05) is 34.0 Å². The summed E-state index contributed by atoms with van der Waals surface area (Å²) in [7, 11) is 2.77. The zero-order chi connectivity index (χ0) is 34.2. The van der Waals surface area contributed by atoms with E-state index >= 15 is 0 Å². The number of ether oxygens (including phenoxy) is 7. The van der Waals surface area contributed by atoms with Gasteiger partial charge in [0.1, 0.15) is 55.4 Å². The summed E-state index contributed by atoms with van der Waals surface area (Å²) in [5.74, 6) is -0.533. The largest absolute Gasteiger partial charge is 0.504 e. The summed E-state index contributed by atoms with van der Waals surface area (Å²) in [4.78, 5) is 12.5. The van der Waals surface area contributed by atoms with Gasteiger partial charge in [0.05, 0.1) is 27.4 Å². The van der Waals surface area contributed by atoms with Gasteiger partial charge in [-0.2, -0.15) is 0 Å². The molecule has 8 N–H and O–H groups in total. The molecule has 2 fully saturated rings. The van der Waals surface area contributed by atoms with Crippen LogP contribution in [0, 0.1) is 0 Å². The van der Waals surface area contributed by atoms with Crippen molar-refractivity contribution < 1.29 is 78.8 Å².